The van der Waals surface area contributed by atoms with E-state index in [2.05, 4.69) is 5.16 Å². The summed E-state index contributed by atoms with van der Waals surface area (Å²) >= 11 is 0. The third kappa shape index (κ3) is 5.99. The Labute approximate surface area is 54.1 Å². The Morgan fingerprint density at radius 2 is 2.14 bits per heavy atom. The maximum Gasteiger partial charge on any atom is 0.0537 e. The van der Waals surface area contributed by atoms with Gasteiger partial charge in [-0.25, -0.2) is 0 Å². The molecule has 0 aliphatic rings. The van der Waals surface area contributed by atoms with E-state index in [1.165, 1.54) is 0 Å². The third-order valence-electron chi connectivity index (χ3n) is 0.682. The van der Waals surface area contributed by atoms with E-state index in [1.54, 1.807) is 6.92 Å². The van der Waals surface area contributed by atoms with Gasteiger partial charge in [0, 0.05) is 17.1 Å². The molecule has 0 heterocycles. The van der Waals surface area contributed by atoms with Crippen molar-refractivity contribution in [3.05, 3.63) is 0 Å². The van der Waals surface area contributed by atoms with Crippen LogP contribution in [-0.2, 0) is 17.1 Å². The van der Waals surface area contributed by atoms with E-state index >= 15 is 0 Å². The fraction of sp³-hybridized carbons (Fsp3) is 0.750. The fourth-order valence-electron chi connectivity index (χ4n) is 0.0707. The van der Waals surface area contributed by atoms with Crippen molar-refractivity contribution in [1.29, 1.82) is 0 Å². The van der Waals surface area contributed by atoms with Gasteiger partial charge in [0.2, 0.25) is 0 Å². The quantitative estimate of drug-likeness (QED) is 0.260. The number of rotatable bonds is 1. The normalized spacial score (nSPS) is 10.3. The minimum atomic E-state index is 0. The van der Waals surface area contributed by atoms with Gasteiger partial charge in [-0.2, -0.15) is 0 Å². The predicted molar refractivity (Wildman–Crippen MR) is 25.2 cm³/mol. The summed E-state index contributed by atoms with van der Waals surface area (Å²) < 4.78 is 0. The van der Waals surface area contributed by atoms with Gasteiger partial charge in [0.25, 0.3) is 0 Å². The first-order valence-corrected chi connectivity index (χ1v) is 1.98. The standard InChI is InChI=1S/C4H9NO.Cu/c1-3-4(2)5-6;/h6H,3H2,1-2H3;/b5-4+;. The molecule has 0 unspecified atom stereocenters. The maximum absolute atomic E-state index is 7.92. The van der Waals surface area contributed by atoms with Crippen molar-refractivity contribution in [2.24, 2.45) is 5.16 Å². The Morgan fingerprint density at radius 3 is 2.14 bits per heavy atom. The van der Waals surface area contributed by atoms with E-state index in [1.807, 2.05) is 6.92 Å². The summed E-state index contributed by atoms with van der Waals surface area (Å²) in [6, 6.07) is 0. The van der Waals surface area contributed by atoms with Crippen LogP contribution in [0.1, 0.15) is 20.3 Å². The van der Waals surface area contributed by atoms with E-state index in [-0.39, 0.29) is 17.1 Å². The van der Waals surface area contributed by atoms with Gasteiger partial charge in [-0.05, 0) is 13.3 Å². The molecule has 0 saturated heterocycles. The molecule has 0 atom stereocenters. The minimum absolute atomic E-state index is 0. The van der Waals surface area contributed by atoms with Gasteiger partial charge in [-0.1, -0.05) is 12.1 Å². The predicted octanol–water partition coefficient (Wildman–Crippen LogP) is 1.24. The molecule has 0 aromatic heterocycles. The van der Waals surface area contributed by atoms with Gasteiger partial charge in [0.1, 0.15) is 0 Å². The van der Waals surface area contributed by atoms with Gasteiger partial charge in [0.05, 0.1) is 5.71 Å². The Bertz CT molecular complexity index is 62.7. The van der Waals surface area contributed by atoms with Crippen LogP contribution >= 0.6 is 0 Å². The molecular formula is C4H9CuNO. The number of oxime groups is 1. The first kappa shape index (κ1) is 10.1. The first-order valence-electron chi connectivity index (χ1n) is 1.98. The van der Waals surface area contributed by atoms with Crippen LogP contribution in [0.5, 0.6) is 0 Å². The molecule has 0 spiro atoms. The Hall–Kier alpha value is -0.0105. The van der Waals surface area contributed by atoms with E-state index < -0.39 is 0 Å². The van der Waals surface area contributed by atoms with E-state index in [0.29, 0.717) is 0 Å². The van der Waals surface area contributed by atoms with Crippen molar-refractivity contribution in [2.75, 3.05) is 0 Å². The van der Waals surface area contributed by atoms with Crippen LogP contribution in [0.25, 0.3) is 0 Å². The molecule has 0 fully saturated rings. The van der Waals surface area contributed by atoms with Crippen molar-refractivity contribution in [3.8, 4) is 0 Å². The molecule has 2 nitrogen and oxygen atoms in total. The van der Waals surface area contributed by atoms with E-state index in [4.69, 9.17) is 5.21 Å². The Morgan fingerprint density at radius 1 is 1.71 bits per heavy atom. The molecule has 47 valence electrons. The SMILES string of the molecule is CC/C(C)=N/O.[Cu]. The van der Waals surface area contributed by atoms with Crippen LogP contribution in [-0.4, -0.2) is 10.9 Å². The second kappa shape index (κ2) is 5.99. The van der Waals surface area contributed by atoms with E-state index in [0.717, 1.165) is 12.1 Å². The molecule has 0 amide bonds. The Balaban J connectivity index is 0. The number of nitrogens with zero attached hydrogens (tertiary/aromatic N) is 1. The molecular weight excluding hydrogens is 142 g/mol. The summed E-state index contributed by atoms with van der Waals surface area (Å²) in [5, 5.41) is 10.8. The summed E-state index contributed by atoms with van der Waals surface area (Å²) in [6.07, 6.45) is 0.830. The number of hydrogen-bond donors (Lipinski definition) is 1. The molecule has 0 rings (SSSR count). The van der Waals surface area contributed by atoms with Crippen LogP contribution < -0.4 is 0 Å². The average Bonchev–Trinajstić information content (AvgIpc) is 1.65. The molecule has 0 aromatic carbocycles. The van der Waals surface area contributed by atoms with Gasteiger partial charge in [-0.3, -0.25) is 0 Å². The Kier molecular flexibility index (Phi) is 8.62. The maximum atomic E-state index is 7.92. The van der Waals surface area contributed by atoms with Crippen molar-refractivity contribution in [1.82, 2.24) is 0 Å². The van der Waals surface area contributed by atoms with Gasteiger partial charge >= 0.3 is 0 Å². The second-order valence-electron chi connectivity index (χ2n) is 1.19. The largest absolute Gasteiger partial charge is 0.411 e. The van der Waals surface area contributed by atoms with Crippen LogP contribution in [0.3, 0.4) is 0 Å². The van der Waals surface area contributed by atoms with Crippen LogP contribution in [0.4, 0.5) is 0 Å². The van der Waals surface area contributed by atoms with Crippen molar-refractivity contribution >= 4 is 5.71 Å². The zero-order valence-corrected chi connectivity index (χ0v) is 5.34. The summed E-state index contributed by atoms with van der Waals surface area (Å²) in [5.74, 6) is 0. The van der Waals surface area contributed by atoms with Gasteiger partial charge in [-0.15, -0.1) is 0 Å². The van der Waals surface area contributed by atoms with Gasteiger partial charge in [0.15, 0.2) is 0 Å². The molecule has 0 aliphatic heterocycles. The molecule has 0 saturated carbocycles. The van der Waals surface area contributed by atoms with Crippen LogP contribution in [0.15, 0.2) is 5.16 Å². The average molecular weight is 151 g/mol. The summed E-state index contributed by atoms with van der Waals surface area (Å²) in [6.45, 7) is 3.72. The molecule has 7 heavy (non-hydrogen) atoms. The van der Waals surface area contributed by atoms with Crippen molar-refractivity contribution in [2.45, 2.75) is 20.3 Å². The monoisotopic (exact) mass is 150 g/mol. The summed E-state index contributed by atoms with van der Waals surface area (Å²) in [7, 11) is 0. The first-order chi connectivity index (χ1) is 2.81. The van der Waals surface area contributed by atoms with E-state index in [9.17, 15) is 0 Å². The zero-order valence-electron chi connectivity index (χ0n) is 4.40. The molecule has 0 aromatic rings. The third-order valence-corrected chi connectivity index (χ3v) is 0.682. The van der Waals surface area contributed by atoms with Gasteiger partial charge < -0.3 is 5.21 Å². The molecule has 0 bridgehead atoms. The second-order valence-corrected chi connectivity index (χ2v) is 1.19. The summed E-state index contributed by atoms with van der Waals surface area (Å²) in [5.41, 5.74) is 0.773. The molecule has 0 aliphatic carbocycles. The summed E-state index contributed by atoms with van der Waals surface area (Å²) in [4.78, 5) is 0. The van der Waals surface area contributed by atoms with Crippen molar-refractivity contribution < 1.29 is 22.3 Å². The molecule has 1 N–H and O–H groups in total. The fourth-order valence-corrected chi connectivity index (χ4v) is 0.0707. The molecule has 3 heteroatoms. The van der Waals surface area contributed by atoms with Crippen LogP contribution in [0.2, 0.25) is 0 Å². The van der Waals surface area contributed by atoms with Crippen molar-refractivity contribution in [3.63, 3.8) is 0 Å². The van der Waals surface area contributed by atoms with Crippen LogP contribution in [0, 0.1) is 0 Å². The smallest absolute Gasteiger partial charge is 0.0537 e. The minimum Gasteiger partial charge on any atom is -0.411 e. The zero-order chi connectivity index (χ0) is 4.99. The number of hydrogen-bond acceptors (Lipinski definition) is 2. The molecule has 1 radical (unpaired) electrons. The topological polar surface area (TPSA) is 32.6 Å².